The van der Waals surface area contributed by atoms with Crippen LogP contribution in [0.4, 0.5) is 0 Å². The number of nitrogens with one attached hydrogen (secondary N) is 1. The molecule has 5 heteroatoms. The van der Waals surface area contributed by atoms with E-state index in [1.54, 1.807) is 11.3 Å². The number of rotatable bonds is 5. The Labute approximate surface area is 140 Å². The number of fused-ring (bicyclic) bond motifs is 1. The Morgan fingerprint density at radius 1 is 1.52 bits per heavy atom. The average Bonchev–Trinajstić information content (AvgIpc) is 2.95. The van der Waals surface area contributed by atoms with Crippen molar-refractivity contribution in [3.63, 3.8) is 0 Å². The molecule has 2 aliphatic carbocycles. The molecule has 1 fully saturated rings. The molecule has 4 nitrogen and oxygen atoms in total. The summed E-state index contributed by atoms with van der Waals surface area (Å²) >= 11 is 1.69. The zero-order chi connectivity index (χ0) is 15.9. The van der Waals surface area contributed by atoms with E-state index in [0.29, 0.717) is 0 Å². The minimum Gasteiger partial charge on any atom is -0.351 e. The monoisotopic (exact) mass is 329 g/mol. The molecule has 23 heavy (non-hydrogen) atoms. The van der Waals surface area contributed by atoms with Crippen molar-refractivity contribution in [2.24, 2.45) is 11.3 Å². The molecule has 0 spiro atoms. The predicted molar refractivity (Wildman–Crippen MR) is 91.7 cm³/mol. The van der Waals surface area contributed by atoms with E-state index in [1.165, 1.54) is 29.7 Å². The fourth-order valence-corrected chi connectivity index (χ4v) is 4.60. The highest BCUT2D eigenvalue weighted by molar-refractivity contribution is 7.14. The summed E-state index contributed by atoms with van der Waals surface area (Å²) in [5.74, 6) is 0.848. The molecule has 1 unspecified atom stereocenters. The van der Waals surface area contributed by atoms with E-state index < -0.39 is 0 Å². The minimum atomic E-state index is 0.101. The van der Waals surface area contributed by atoms with E-state index in [9.17, 15) is 4.79 Å². The summed E-state index contributed by atoms with van der Waals surface area (Å²) in [4.78, 5) is 14.8. The van der Waals surface area contributed by atoms with E-state index in [-0.39, 0.29) is 11.3 Å². The lowest BCUT2D eigenvalue weighted by Gasteiger charge is -2.16. The van der Waals surface area contributed by atoms with E-state index in [1.807, 2.05) is 23.1 Å². The Hall–Kier alpha value is -1.62. The van der Waals surface area contributed by atoms with Gasteiger partial charge in [-0.05, 0) is 55.7 Å². The van der Waals surface area contributed by atoms with Crippen molar-refractivity contribution in [3.8, 4) is 0 Å². The van der Waals surface area contributed by atoms with Crippen LogP contribution in [0.25, 0.3) is 0 Å². The molecular formula is C18H23N3OS. The number of thiophene rings is 1. The van der Waals surface area contributed by atoms with Gasteiger partial charge in [0.2, 0.25) is 0 Å². The highest BCUT2D eigenvalue weighted by Gasteiger charge is 2.43. The molecule has 0 aromatic carbocycles. The molecule has 0 saturated heterocycles. The third-order valence-corrected chi connectivity index (χ3v) is 6.43. The first-order valence-corrected chi connectivity index (χ1v) is 9.32. The van der Waals surface area contributed by atoms with Gasteiger partial charge in [0.1, 0.15) is 0 Å². The first-order chi connectivity index (χ1) is 11.1. The van der Waals surface area contributed by atoms with Crippen LogP contribution in [0.3, 0.4) is 0 Å². The lowest BCUT2D eigenvalue weighted by molar-refractivity contribution is 0.0946. The normalized spacial score (nSPS) is 21.7. The number of nitrogens with zero attached hydrogens (tertiary/aromatic N) is 2. The maximum atomic E-state index is 12.5. The molecule has 1 amide bonds. The number of amides is 1. The summed E-state index contributed by atoms with van der Waals surface area (Å²) < 4.78 is 1.98. The fraction of sp³-hybridized carbons (Fsp3) is 0.556. The van der Waals surface area contributed by atoms with E-state index in [2.05, 4.69) is 23.4 Å². The molecule has 2 aromatic heterocycles. The molecule has 1 atom stereocenters. The minimum absolute atomic E-state index is 0.101. The van der Waals surface area contributed by atoms with Gasteiger partial charge in [-0.1, -0.05) is 6.92 Å². The Bertz CT molecular complexity index is 700. The summed E-state index contributed by atoms with van der Waals surface area (Å²) in [6.45, 7) is 3.95. The number of hydrogen-bond acceptors (Lipinski definition) is 3. The van der Waals surface area contributed by atoms with Gasteiger partial charge in [-0.25, -0.2) is 0 Å². The second-order valence-corrected chi connectivity index (χ2v) is 8.43. The summed E-state index contributed by atoms with van der Waals surface area (Å²) in [6.07, 6.45) is 9.67. The van der Waals surface area contributed by atoms with Crippen LogP contribution in [0.15, 0.2) is 24.5 Å². The first-order valence-electron chi connectivity index (χ1n) is 8.51. The summed E-state index contributed by atoms with van der Waals surface area (Å²) in [6, 6.07) is 4.07. The molecule has 0 aliphatic heterocycles. The molecule has 4 rings (SSSR count). The molecular weight excluding hydrogens is 306 g/mol. The molecule has 2 aliphatic rings. The third kappa shape index (κ3) is 3.20. The average molecular weight is 329 g/mol. The van der Waals surface area contributed by atoms with Gasteiger partial charge in [-0.3, -0.25) is 9.48 Å². The van der Waals surface area contributed by atoms with Crippen LogP contribution >= 0.6 is 11.3 Å². The lowest BCUT2D eigenvalue weighted by atomic mass is 9.90. The van der Waals surface area contributed by atoms with Crippen LogP contribution in [0.1, 0.15) is 46.3 Å². The zero-order valence-electron chi connectivity index (χ0n) is 13.5. The molecule has 2 heterocycles. The van der Waals surface area contributed by atoms with E-state index in [0.717, 1.165) is 36.7 Å². The largest absolute Gasteiger partial charge is 0.351 e. The molecule has 0 bridgehead atoms. The molecule has 2 aromatic rings. The highest BCUT2D eigenvalue weighted by atomic mass is 32.1. The standard InChI is InChI=1S/C18H23N3OS/c1-13-3-4-15-14(9-13)10-16(23-15)17(22)19-11-18(5-6-18)12-21-8-2-7-20-21/h2,7-8,10,13H,3-6,9,11-12H2,1H3,(H,19,22). The number of aromatic nitrogens is 2. The van der Waals surface area contributed by atoms with Gasteiger partial charge in [0.25, 0.3) is 5.91 Å². The second kappa shape index (κ2) is 5.78. The topological polar surface area (TPSA) is 46.9 Å². The van der Waals surface area contributed by atoms with Gasteiger partial charge in [-0.2, -0.15) is 5.10 Å². The Balaban J connectivity index is 1.37. The Morgan fingerprint density at radius 2 is 2.39 bits per heavy atom. The summed E-state index contributed by atoms with van der Waals surface area (Å²) in [5.41, 5.74) is 1.61. The maximum absolute atomic E-state index is 12.5. The summed E-state index contributed by atoms with van der Waals surface area (Å²) in [7, 11) is 0. The van der Waals surface area contributed by atoms with Crippen molar-refractivity contribution in [2.75, 3.05) is 6.54 Å². The van der Waals surface area contributed by atoms with Gasteiger partial charge in [-0.15, -0.1) is 11.3 Å². The second-order valence-electron chi connectivity index (χ2n) is 7.29. The van der Waals surface area contributed by atoms with E-state index >= 15 is 0 Å². The maximum Gasteiger partial charge on any atom is 0.261 e. The smallest absolute Gasteiger partial charge is 0.261 e. The van der Waals surface area contributed by atoms with Gasteiger partial charge in [0, 0.05) is 35.8 Å². The number of hydrogen-bond donors (Lipinski definition) is 1. The highest BCUT2D eigenvalue weighted by Crippen LogP contribution is 2.46. The van der Waals surface area contributed by atoms with Crippen molar-refractivity contribution in [1.29, 1.82) is 0 Å². The number of carbonyl (C=O) groups excluding carboxylic acids is 1. The van der Waals surface area contributed by atoms with Crippen molar-refractivity contribution < 1.29 is 4.79 Å². The van der Waals surface area contributed by atoms with Crippen LogP contribution in [0.2, 0.25) is 0 Å². The van der Waals surface area contributed by atoms with Crippen LogP contribution < -0.4 is 5.32 Å². The van der Waals surface area contributed by atoms with Crippen molar-refractivity contribution >= 4 is 17.2 Å². The fourth-order valence-electron chi connectivity index (χ4n) is 3.48. The molecule has 1 saturated carbocycles. The summed E-state index contributed by atoms with van der Waals surface area (Å²) in [5, 5.41) is 7.45. The third-order valence-electron chi connectivity index (χ3n) is 5.19. The lowest BCUT2D eigenvalue weighted by Crippen LogP contribution is -2.32. The predicted octanol–water partition coefficient (Wildman–Crippen LogP) is 3.28. The molecule has 122 valence electrons. The van der Waals surface area contributed by atoms with Crippen molar-refractivity contribution in [2.45, 2.75) is 45.6 Å². The van der Waals surface area contributed by atoms with Crippen LogP contribution in [-0.2, 0) is 19.4 Å². The molecule has 0 radical (unpaired) electrons. The molecule has 1 N–H and O–H groups in total. The SMILES string of the molecule is CC1CCc2sc(C(=O)NCC3(Cn4cccn4)CC3)cc2C1. The van der Waals surface area contributed by atoms with Gasteiger partial charge in [0.05, 0.1) is 4.88 Å². The van der Waals surface area contributed by atoms with Gasteiger partial charge in [0.15, 0.2) is 0 Å². The van der Waals surface area contributed by atoms with Crippen molar-refractivity contribution in [3.05, 3.63) is 39.8 Å². The number of aryl methyl sites for hydroxylation is 1. The zero-order valence-corrected chi connectivity index (χ0v) is 14.4. The Kier molecular flexibility index (Phi) is 3.76. The van der Waals surface area contributed by atoms with Gasteiger partial charge < -0.3 is 5.32 Å². The van der Waals surface area contributed by atoms with Crippen LogP contribution in [-0.4, -0.2) is 22.2 Å². The first kappa shape index (κ1) is 14.9. The van der Waals surface area contributed by atoms with Gasteiger partial charge >= 0.3 is 0 Å². The number of carbonyl (C=O) groups is 1. The van der Waals surface area contributed by atoms with Crippen LogP contribution in [0.5, 0.6) is 0 Å². The van der Waals surface area contributed by atoms with Crippen LogP contribution in [0, 0.1) is 11.3 Å². The Morgan fingerprint density at radius 3 is 3.13 bits per heavy atom. The van der Waals surface area contributed by atoms with E-state index in [4.69, 9.17) is 0 Å². The quantitative estimate of drug-likeness (QED) is 0.915. The van der Waals surface area contributed by atoms with Crippen molar-refractivity contribution in [1.82, 2.24) is 15.1 Å².